The molecular weight excluding hydrogens is 226 g/mol. The summed E-state index contributed by atoms with van der Waals surface area (Å²) < 4.78 is 5.78. The van der Waals surface area contributed by atoms with Gasteiger partial charge in [0.05, 0.1) is 0 Å². The molecule has 0 radical (unpaired) electrons. The van der Waals surface area contributed by atoms with Crippen LogP contribution >= 0.6 is 0 Å². The Morgan fingerprint density at radius 3 is 2.72 bits per heavy atom. The summed E-state index contributed by atoms with van der Waals surface area (Å²) in [6, 6.07) is 8.06. The molecule has 3 N–H and O–H groups in total. The van der Waals surface area contributed by atoms with Gasteiger partial charge in [-0.3, -0.25) is 0 Å². The zero-order chi connectivity index (χ0) is 13.1. The summed E-state index contributed by atoms with van der Waals surface area (Å²) in [5.74, 6) is 1.07. The SMILES string of the molecule is CCC(N)C(CCO)c1c(C)oc2ccccc12. The highest BCUT2D eigenvalue weighted by Crippen LogP contribution is 2.35. The van der Waals surface area contributed by atoms with Crippen molar-refractivity contribution in [1.82, 2.24) is 0 Å². The number of furan rings is 1. The number of para-hydroxylation sites is 1. The predicted octanol–water partition coefficient (Wildman–Crippen LogP) is 2.94. The maximum atomic E-state index is 9.26. The molecule has 2 aromatic rings. The van der Waals surface area contributed by atoms with E-state index in [1.165, 1.54) is 0 Å². The molecule has 2 atom stereocenters. The Morgan fingerprint density at radius 2 is 2.06 bits per heavy atom. The minimum Gasteiger partial charge on any atom is -0.461 e. The van der Waals surface area contributed by atoms with Gasteiger partial charge in [0.25, 0.3) is 0 Å². The van der Waals surface area contributed by atoms with E-state index in [0.29, 0.717) is 6.42 Å². The van der Waals surface area contributed by atoms with Crippen molar-refractivity contribution in [3.63, 3.8) is 0 Å². The van der Waals surface area contributed by atoms with Crippen LogP contribution in [0.25, 0.3) is 11.0 Å². The third-order valence-corrected chi connectivity index (χ3v) is 3.62. The van der Waals surface area contributed by atoms with Gasteiger partial charge >= 0.3 is 0 Å². The summed E-state index contributed by atoms with van der Waals surface area (Å²) in [7, 11) is 0. The minimum atomic E-state index is 0.0526. The van der Waals surface area contributed by atoms with Gasteiger partial charge in [0.2, 0.25) is 0 Å². The Morgan fingerprint density at radius 1 is 1.33 bits per heavy atom. The van der Waals surface area contributed by atoms with E-state index < -0.39 is 0 Å². The summed E-state index contributed by atoms with van der Waals surface area (Å²) in [4.78, 5) is 0. The summed E-state index contributed by atoms with van der Waals surface area (Å²) >= 11 is 0. The Labute approximate surface area is 108 Å². The number of hydrogen-bond acceptors (Lipinski definition) is 3. The van der Waals surface area contributed by atoms with E-state index in [4.69, 9.17) is 10.2 Å². The number of fused-ring (bicyclic) bond motifs is 1. The fourth-order valence-corrected chi connectivity index (χ4v) is 2.64. The zero-order valence-electron chi connectivity index (χ0n) is 11.0. The molecular formula is C15H21NO2. The Hall–Kier alpha value is -1.32. The Bertz CT molecular complexity index is 518. The van der Waals surface area contributed by atoms with Gasteiger partial charge < -0.3 is 15.3 Å². The van der Waals surface area contributed by atoms with E-state index in [1.54, 1.807) is 0 Å². The second-order valence-corrected chi connectivity index (χ2v) is 4.76. The zero-order valence-corrected chi connectivity index (χ0v) is 11.0. The molecule has 3 nitrogen and oxygen atoms in total. The highest BCUT2D eigenvalue weighted by Gasteiger charge is 2.24. The molecule has 0 amide bonds. The fourth-order valence-electron chi connectivity index (χ4n) is 2.64. The second-order valence-electron chi connectivity index (χ2n) is 4.76. The fraction of sp³-hybridized carbons (Fsp3) is 0.467. The number of aliphatic hydroxyl groups excluding tert-OH is 1. The van der Waals surface area contributed by atoms with Crippen LogP contribution in [0.4, 0.5) is 0 Å². The summed E-state index contributed by atoms with van der Waals surface area (Å²) in [6.07, 6.45) is 1.57. The van der Waals surface area contributed by atoms with Gasteiger partial charge in [-0.1, -0.05) is 25.1 Å². The van der Waals surface area contributed by atoms with Gasteiger partial charge in [0.1, 0.15) is 11.3 Å². The van der Waals surface area contributed by atoms with Crippen molar-refractivity contribution in [3.8, 4) is 0 Å². The van der Waals surface area contributed by atoms with Crippen molar-refractivity contribution in [3.05, 3.63) is 35.6 Å². The average molecular weight is 247 g/mol. The molecule has 3 heteroatoms. The van der Waals surface area contributed by atoms with E-state index in [-0.39, 0.29) is 18.6 Å². The van der Waals surface area contributed by atoms with Gasteiger partial charge in [-0.15, -0.1) is 0 Å². The lowest BCUT2D eigenvalue weighted by atomic mass is 9.86. The molecule has 0 bridgehead atoms. The van der Waals surface area contributed by atoms with E-state index >= 15 is 0 Å². The van der Waals surface area contributed by atoms with Crippen LogP contribution in [0.2, 0.25) is 0 Å². The summed E-state index contributed by atoms with van der Waals surface area (Å²) in [6.45, 7) is 4.20. The number of rotatable bonds is 5. The van der Waals surface area contributed by atoms with Crippen LogP contribution < -0.4 is 5.73 Å². The van der Waals surface area contributed by atoms with E-state index in [1.807, 2.05) is 25.1 Å². The lowest BCUT2D eigenvalue weighted by molar-refractivity contribution is 0.265. The normalized spacial score (nSPS) is 14.9. The van der Waals surface area contributed by atoms with Crippen molar-refractivity contribution in [2.45, 2.75) is 38.6 Å². The van der Waals surface area contributed by atoms with Crippen LogP contribution in [0, 0.1) is 6.92 Å². The van der Waals surface area contributed by atoms with Crippen molar-refractivity contribution < 1.29 is 9.52 Å². The highest BCUT2D eigenvalue weighted by atomic mass is 16.3. The summed E-state index contributed by atoms with van der Waals surface area (Å²) in [5, 5.41) is 10.4. The molecule has 0 saturated carbocycles. The topological polar surface area (TPSA) is 59.4 Å². The molecule has 1 aromatic heterocycles. The van der Waals surface area contributed by atoms with Crippen molar-refractivity contribution in [1.29, 1.82) is 0 Å². The van der Waals surface area contributed by atoms with Gasteiger partial charge in [-0.2, -0.15) is 0 Å². The van der Waals surface area contributed by atoms with Gasteiger partial charge in [0, 0.05) is 29.5 Å². The average Bonchev–Trinajstić information content (AvgIpc) is 2.71. The molecule has 2 unspecified atom stereocenters. The Balaban J connectivity index is 2.52. The first-order chi connectivity index (χ1) is 8.69. The molecule has 18 heavy (non-hydrogen) atoms. The maximum Gasteiger partial charge on any atom is 0.134 e. The van der Waals surface area contributed by atoms with Crippen LogP contribution in [0.5, 0.6) is 0 Å². The third-order valence-electron chi connectivity index (χ3n) is 3.62. The number of aliphatic hydroxyl groups is 1. The van der Waals surface area contributed by atoms with Gasteiger partial charge in [-0.05, 0) is 25.8 Å². The summed E-state index contributed by atoms with van der Waals surface area (Å²) in [5.41, 5.74) is 8.26. The highest BCUT2D eigenvalue weighted by molar-refractivity contribution is 5.82. The van der Waals surface area contributed by atoms with Crippen LogP contribution in [-0.2, 0) is 0 Å². The van der Waals surface area contributed by atoms with Crippen molar-refractivity contribution >= 4 is 11.0 Å². The van der Waals surface area contributed by atoms with E-state index in [2.05, 4.69) is 13.0 Å². The molecule has 0 fully saturated rings. The molecule has 98 valence electrons. The van der Waals surface area contributed by atoms with E-state index in [9.17, 15) is 5.11 Å². The molecule has 1 heterocycles. The van der Waals surface area contributed by atoms with Gasteiger partial charge in [-0.25, -0.2) is 0 Å². The quantitative estimate of drug-likeness (QED) is 0.854. The molecule has 0 aliphatic rings. The largest absolute Gasteiger partial charge is 0.461 e. The predicted molar refractivity (Wildman–Crippen MR) is 73.7 cm³/mol. The molecule has 0 saturated heterocycles. The van der Waals surface area contributed by atoms with Gasteiger partial charge in [0.15, 0.2) is 0 Å². The van der Waals surface area contributed by atoms with Crippen LogP contribution in [0.1, 0.15) is 37.0 Å². The maximum absolute atomic E-state index is 9.26. The van der Waals surface area contributed by atoms with Crippen molar-refractivity contribution in [2.75, 3.05) is 6.61 Å². The van der Waals surface area contributed by atoms with Crippen LogP contribution in [0.15, 0.2) is 28.7 Å². The number of benzene rings is 1. The van der Waals surface area contributed by atoms with Crippen LogP contribution in [-0.4, -0.2) is 17.8 Å². The first kappa shape index (κ1) is 13.1. The first-order valence-corrected chi connectivity index (χ1v) is 6.53. The lowest BCUT2D eigenvalue weighted by Gasteiger charge is -2.22. The monoisotopic (exact) mass is 247 g/mol. The molecule has 1 aromatic carbocycles. The lowest BCUT2D eigenvalue weighted by Crippen LogP contribution is -2.28. The Kier molecular flexibility index (Phi) is 4.04. The van der Waals surface area contributed by atoms with Crippen LogP contribution in [0.3, 0.4) is 0 Å². The second kappa shape index (κ2) is 5.55. The molecule has 0 aliphatic heterocycles. The van der Waals surface area contributed by atoms with Crippen molar-refractivity contribution in [2.24, 2.45) is 5.73 Å². The number of aryl methyl sites for hydroxylation is 1. The minimum absolute atomic E-state index is 0.0526. The third kappa shape index (κ3) is 2.28. The molecule has 2 rings (SSSR count). The van der Waals surface area contributed by atoms with E-state index in [0.717, 1.165) is 28.7 Å². The smallest absolute Gasteiger partial charge is 0.134 e. The molecule has 0 aliphatic carbocycles. The number of hydrogen-bond donors (Lipinski definition) is 2. The number of nitrogens with two attached hydrogens (primary N) is 1. The molecule has 0 spiro atoms. The standard InChI is InChI=1S/C15H21NO2/c1-3-13(16)11(8-9-17)15-10(2)18-14-7-5-4-6-12(14)15/h4-7,11,13,17H,3,8-9,16H2,1-2H3. The first-order valence-electron chi connectivity index (χ1n) is 6.53.